The Labute approximate surface area is 165 Å². The second kappa shape index (κ2) is 7.30. The van der Waals surface area contributed by atoms with Gasteiger partial charge in [-0.2, -0.15) is 0 Å². The number of benzene rings is 1. The van der Waals surface area contributed by atoms with E-state index in [-0.39, 0.29) is 18.0 Å². The van der Waals surface area contributed by atoms with Crippen LogP contribution < -0.4 is 0 Å². The molecule has 7 heteroatoms. The van der Waals surface area contributed by atoms with Crippen LogP contribution in [0.1, 0.15) is 29.0 Å². The maximum Gasteiger partial charge on any atom is 0.319 e. The van der Waals surface area contributed by atoms with Crippen LogP contribution in [-0.4, -0.2) is 76.4 Å². The summed E-state index contributed by atoms with van der Waals surface area (Å²) < 4.78 is 0. The fourth-order valence-corrected chi connectivity index (χ4v) is 4.31. The third kappa shape index (κ3) is 3.37. The zero-order valence-corrected chi connectivity index (χ0v) is 16.7. The maximum absolute atomic E-state index is 13.3. The van der Waals surface area contributed by atoms with Crippen molar-refractivity contribution >= 4 is 11.9 Å². The number of rotatable bonds is 2. The SMILES string of the molecule is Cc1[nH]c(-c2ccccc2)nc1C(=O)N1C[C@@H]2CC[C@H]1CN(C(=O)N(C)C)C2. The lowest BCUT2D eigenvalue weighted by Gasteiger charge is -2.35. The number of hydrogen-bond acceptors (Lipinski definition) is 3. The Bertz CT molecular complexity index is 876. The summed E-state index contributed by atoms with van der Waals surface area (Å²) in [7, 11) is 3.55. The minimum Gasteiger partial charge on any atom is -0.341 e. The fraction of sp³-hybridized carbons (Fsp3) is 0.476. The van der Waals surface area contributed by atoms with E-state index in [0.717, 1.165) is 24.1 Å². The van der Waals surface area contributed by atoms with Gasteiger partial charge in [0.1, 0.15) is 11.5 Å². The van der Waals surface area contributed by atoms with E-state index in [4.69, 9.17) is 0 Å². The smallest absolute Gasteiger partial charge is 0.319 e. The molecule has 2 aromatic rings. The first-order valence-corrected chi connectivity index (χ1v) is 9.83. The van der Waals surface area contributed by atoms with Gasteiger partial charge in [0, 0.05) is 51.0 Å². The van der Waals surface area contributed by atoms with Crippen molar-refractivity contribution < 1.29 is 9.59 Å². The molecule has 1 N–H and O–H groups in total. The minimum absolute atomic E-state index is 0.0218. The van der Waals surface area contributed by atoms with Gasteiger partial charge in [0.05, 0.1) is 0 Å². The summed E-state index contributed by atoms with van der Waals surface area (Å²) in [4.78, 5) is 39.1. The van der Waals surface area contributed by atoms with Gasteiger partial charge in [-0.25, -0.2) is 9.78 Å². The van der Waals surface area contributed by atoms with E-state index in [0.29, 0.717) is 37.1 Å². The van der Waals surface area contributed by atoms with Crippen LogP contribution in [0.2, 0.25) is 0 Å². The predicted molar refractivity (Wildman–Crippen MR) is 107 cm³/mol. The maximum atomic E-state index is 13.3. The minimum atomic E-state index is -0.0372. The highest BCUT2D eigenvalue weighted by molar-refractivity contribution is 5.94. The average Bonchev–Trinajstić information content (AvgIpc) is 2.87. The van der Waals surface area contributed by atoms with E-state index < -0.39 is 0 Å². The normalized spacial score (nSPS) is 21.5. The van der Waals surface area contributed by atoms with Crippen LogP contribution in [0.15, 0.2) is 30.3 Å². The third-order valence-corrected chi connectivity index (χ3v) is 5.76. The second-order valence-corrected chi connectivity index (χ2v) is 8.06. The van der Waals surface area contributed by atoms with E-state index in [9.17, 15) is 9.59 Å². The van der Waals surface area contributed by atoms with E-state index in [1.165, 1.54) is 0 Å². The quantitative estimate of drug-likeness (QED) is 0.869. The van der Waals surface area contributed by atoms with Crippen LogP contribution in [0, 0.1) is 12.8 Å². The highest BCUT2D eigenvalue weighted by Gasteiger charge is 2.40. The van der Waals surface area contributed by atoms with Gasteiger partial charge in [-0.1, -0.05) is 30.3 Å². The number of nitrogens with one attached hydrogen (secondary N) is 1. The average molecular weight is 381 g/mol. The molecule has 0 aliphatic carbocycles. The Morgan fingerprint density at radius 1 is 1.11 bits per heavy atom. The van der Waals surface area contributed by atoms with Crippen molar-refractivity contribution in [2.24, 2.45) is 5.92 Å². The van der Waals surface area contributed by atoms with Crippen molar-refractivity contribution in [2.75, 3.05) is 33.7 Å². The van der Waals surface area contributed by atoms with E-state index >= 15 is 0 Å². The number of hydrogen-bond donors (Lipinski definition) is 1. The summed E-state index contributed by atoms with van der Waals surface area (Å²) in [5, 5.41) is 0. The molecule has 3 fully saturated rings. The Morgan fingerprint density at radius 2 is 1.86 bits per heavy atom. The summed E-state index contributed by atoms with van der Waals surface area (Å²) in [6.45, 7) is 3.89. The van der Waals surface area contributed by atoms with Crippen molar-refractivity contribution in [1.29, 1.82) is 0 Å². The molecule has 1 aromatic heterocycles. The number of aromatic nitrogens is 2. The van der Waals surface area contributed by atoms with E-state index in [1.54, 1.807) is 19.0 Å². The lowest BCUT2D eigenvalue weighted by Crippen LogP contribution is -2.48. The molecule has 4 heterocycles. The standard InChI is InChI=1S/C21H27N5O2/c1-14-18(23-19(22-14)16-7-5-4-6-8-16)20(27)26-12-15-9-10-17(26)13-25(11-15)21(28)24(2)3/h4-8,15,17H,9-13H2,1-3H3,(H,22,23)/t15-,17+/m1/s1. The number of H-pyrrole nitrogens is 1. The van der Waals surface area contributed by atoms with Crippen LogP contribution in [0.5, 0.6) is 0 Å². The molecule has 2 bridgehead atoms. The molecular formula is C21H27N5O2. The number of aromatic amines is 1. The molecule has 1 aromatic carbocycles. The summed E-state index contributed by atoms with van der Waals surface area (Å²) in [6, 6.07) is 9.90. The molecule has 3 aliphatic heterocycles. The third-order valence-electron chi connectivity index (χ3n) is 5.76. The van der Waals surface area contributed by atoms with Crippen molar-refractivity contribution in [3.05, 3.63) is 41.7 Å². The van der Waals surface area contributed by atoms with Crippen molar-refractivity contribution in [3.63, 3.8) is 0 Å². The molecule has 0 unspecified atom stereocenters. The molecule has 5 rings (SSSR count). The summed E-state index contributed by atoms with van der Waals surface area (Å²) in [5.74, 6) is 0.995. The summed E-state index contributed by atoms with van der Waals surface area (Å²) >= 11 is 0. The fourth-order valence-electron chi connectivity index (χ4n) is 4.31. The molecule has 28 heavy (non-hydrogen) atoms. The number of aryl methyl sites for hydroxylation is 1. The number of piperidine rings is 1. The highest BCUT2D eigenvalue weighted by Crippen LogP contribution is 2.30. The number of carbonyl (C=O) groups excluding carboxylic acids is 2. The molecule has 7 nitrogen and oxygen atoms in total. The highest BCUT2D eigenvalue weighted by atomic mass is 16.2. The molecule has 0 radical (unpaired) electrons. The molecule has 3 aliphatic rings. The van der Waals surface area contributed by atoms with Gasteiger partial charge in [-0.3, -0.25) is 4.79 Å². The van der Waals surface area contributed by atoms with Gasteiger partial charge in [0.15, 0.2) is 0 Å². The second-order valence-electron chi connectivity index (χ2n) is 8.06. The number of nitrogens with zero attached hydrogens (tertiary/aromatic N) is 4. The van der Waals surface area contributed by atoms with Gasteiger partial charge in [0.2, 0.25) is 0 Å². The van der Waals surface area contributed by atoms with Gasteiger partial charge >= 0.3 is 6.03 Å². The molecule has 3 saturated heterocycles. The summed E-state index contributed by atoms with van der Waals surface area (Å²) in [6.07, 6.45) is 1.99. The first-order chi connectivity index (χ1) is 13.4. The lowest BCUT2D eigenvalue weighted by atomic mass is 9.94. The number of amides is 3. The predicted octanol–water partition coefficient (Wildman–Crippen LogP) is 2.60. The summed E-state index contributed by atoms with van der Waals surface area (Å²) in [5.41, 5.74) is 2.23. The Balaban J connectivity index is 1.57. The topological polar surface area (TPSA) is 72.5 Å². The van der Waals surface area contributed by atoms with Crippen molar-refractivity contribution in [1.82, 2.24) is 24.7 Å². The Morgan fingerprint density at radius 3 is 2.57 bits per heavy atom. The molecule has 2 atom stereocenters. The first-order valence-electron chi connectivity index (χ1n) is 9.83. The molecular weight excluding hydrogens is 354 g/mol. The zero-order chi connectivity index (χ0) is 19.8. The number of imidazole rings is 1. The largest absolute Gasteiger partial charge is 0.341 e. The first kappa shape index (κ1) is 18.5. The Hall–Kier alpha value is -2.83. The van der Waals surface area contributed by atoms with Crippen LogP contribution >= 0.6 is 0 Å². The number of urea groups is 1. The van der Waals surface area contributed by atoms with Gasteiger partial charge < -0.3 is 19.7 Å². The van der Waals surface area contributed by atoms with Gasteiger partial charge in [0.25, 0.3) is 5.91 Å². The van der Waals surface area contributed by atoms with E-state index in [2.05, 4.69) is 9.97 Å². The monoisotopic (exact) mass is 381 g/mol. The van der Waals surface area contributed by atoms with Crippen LogP contribution in [0.25, 0.3) is 11.4 Å². The number of carbonyl (C=O) groups is 2. The molecule has 0 spiro atoms. The van der Waals surface area contributed by atoms with Gasteiger partial charge in [-0.15, -0.1) is 0 Å². The van der Waals surface area contributed by atoms with E-state index in [1.807, 2.05) is 47.1 Å². The zero-order valence-electron chi connectivity index (χ0n) is 16.7. The van der Waals surface area contributed by atoms with Gasteiger partial charge in [-0.05, 0) is 25.7 Å². The number of fused-ring (bicyclic) bond motifs is 4. The molecule has 148 valence electrons. The van der Waals surface area contributed by atoms with Crippen molar-refractivity contribution in [3.8, 4) is 11.4 Å². The van der Waals surface area contributed by atoms with Crippen LogP contribution in [0.3, 0.4) is 0 Å². The van der Waals surface area contributed by atoms with Crippen molar-refractivity contribution in [2.45, 2.75) is 25.8 Å². The Kier molecular flexibility index (Phi) is 4.83. The van der Waals surface area contributed by atoms with Crippen LogP contribution in [-0.2, 0) is 0 Å². The van der Waals surface area contributed by atoms with Crippen LogP contribution in [0.4, 0.5) is 4.79 Å². The lowest BCUT2D eigenvalue weighted by molar-refractivity contribution is 0.0579. The molecule has 0 saturated carbocycles. The molecule has 3 amide bonds.